The van der Waals surface area contributed by atoms with Gasteiger partial charge in [-0.15, -0.1) is 0 Å². The van der Waals surface area contributed by atoms with Crippen LogP contribution < -0.4 is 19.1 Å². The molecule has 0 aliphatic carbocycles. The number of amides is 1. The normalized spacial score (nSPS) is 18.6. The minimum Gasteiger partial charge on any atom is -0.507 e. The number of carbonyl (C=O) groups is 2. The molecule has 1 N–H and O–H groups in total. The number of hydrogen-bond donors (Lipinski definition) is 1. The number of ketones is 1. The van der Waals surface area contributed by atoms with Crippen molar-refractivity contribution in [3.05, 3.63) is 83.7 Å². The van der Waals surface area contributed by atoms with E-state index in [2.05, 4.69) is 4.98 Å². The molecule has 2 aliphatic heterocycles. The highest BCUT2D eigenvalue weighted by Crippen LogP contribution is 2.44. The number of Topliss-reactive ketones (excluding diaryl/α,β-unsaturated/α-hetero) is 1. The Labute approximate surface area is 196 Å². The second-order valence-electron chi connectivity index (χ2n) is 8.18. The van der Waals surface area contributed by atoms with Gasteiger partial charge in [0.15, 0.2) is 11.5 Å². The summed E-state index contributed by atoms with van der Waals surface area (Å²) < 4.78 is 16.5. The van der Waals surface area contributed by atoms with Gasteiger partial charge in [0, 0.05) is 29.7 Å². The van der Waals surface area contributed by atoms with E-state index in [0.717, 1.165) is 0 Å². The molecule has 1 unspecified atom stereocenters. The lowest BCUT2D eigenvalue weighted by molar-refractivity contribution is -0.132. The molecule has 0 radical (unpaired) electrons. The van der Waals surface area contributed by atoms with Gasteiger partial charge in [0.2, 0.25) is 6.79 Å². The molecule has 172 valence electrons. The summed E-state index contributed by atoms with van der Waals surface area (Å²) in [6.45, 7) is 3.92. The van der Waals surface area contributed by atoms with Crippen LogP contribution in [0.2, 0.25) is 0 Å². The molecule has 34 heavy (non-hydrogen) atoms. The summed E-state index contributed by atoms with van der Waals surface area (Å²) in [5, 5.41) is 11.2. The molecule has 1 aromatic heterocycles. The van der Waals surface area contributed by atoms with Gasteiger partial charge < -0.3 is 19.3 Å². The molecule has 3 heterocycles. The minimum atomic E-state index is -0.874. The molecule has 0 saturated carbocycles. The van der Waals surface area contributed by atoms with Crippen LogP contribution in [0.1, 0.15) is 31.0 Å². The molecular weight excluding hydrogens is 436 g/mol. The third kappa shape index (κ3) is 3.73. The molecular formula is C26H22N2O6. The summed E-state index contributed by atoms with van der Waals surface area (Å²) in [7, 11) is 0. The zero-order chi connectivity index (χ0) is 23.8. The van der Waals surface area contributed by atoms with E-state index in [4.69, 9.17) is 14.2 Å². The number of rotatable bonds is 5. The lowest BCUT2D eigenvalue weighted by atomic mass is 9.96. The second-order valence-corrected chi connectivity index (χ2v) is 8.18. The quantitative estimate of drug-likeness (QED) is 0.347. The number of aliphatic hydroxyl groups is 1. The summed E-state index contributed by atoms with van der Waals surface area (Å²) in [6, 6.07) is 14.3. The van der Waals surface area contributed by atoms with Gasteiger partial charge in [-0.2, -0.15) is 0 Å². The number of carbonyl (C=O) groups excluding carboxylic acids is 2. The molecule has 2 aromatic carbocycles. The maximum Gasteiger partial charge on any atom is 0.300 e. The highest BCUT2D eigenvalue weighted by atomic mass is 16.7. The van der Waals surface area contributed by atoms with Gasteiger partial charge in [0.1, 0.15) is 11.5 Å². The van der Waals surface area contributed by atoms with E-state index in [1.165, 1.54) is 4.90 Å². The molecule has 1 saturated heterocycles. The predicted octanol–water partition coefficient (Wildman–Crippen LogP) is 4.22. The summed E-state index contributed by atoms with van der Waals surface area (Å²) in [4.78, 5) is 32.0. The highest BCUT2D eigenvalue weighted by Gasteiger charge is 2.47. The number of nitrogens with zero attached hydrogens (tertiary/aromatic N) is 2. The van der Waals surface area contributed by atoms with Gasteiger partial charge in [-0.3, -0.25) is 19.5 Å². The third-order valence-corrected chi connectivity index (χ3v) is 5.58. The Morgan fingerprint density at radius 1 is 1.09 bits per heavy atom. The van der Waals surface area contributed by atoms with Crippen LogP contribution in [0.3, 0.4) is 0 Å². The second kappa shape index (κ2) is 8.55. The molecule has 3 aromatic rings. The smallest absolute Gasteiger partial charge is 0.300 e. The van der Waals surface area contributed by atoms with E-state index in [-0.39, 0.29) is 24.2 Å². The fraction of sp³-hybridized carbons (Fsp3) is 0.192. The Bertz CT molecular complexity index is 1280. The van der Waals surface area contributed by atoms with Gasteiger partial charge in [-0.1, -0.05) is 6.07 Å². The van der Waals surface area contributed by atoms with Crippen LogP contribution in [0.25, 0.3) is 5.76 Å². The highest BCUT2D eigenvalue weighted by molar-refractivity contribution is 6.51. The lowest BCUT2D eigenvalue weighted by Gasteiger charge is -2.25. The first kappa shape index (κ1) is 21.5. The average Bonchev–Trinajstić information content (AvgIpc) is 3.41. The molecule has 8 nitrogen and oxygen atoms in total. The Balaban J connectivity index is 1.62. The van der Waals surface area contributed by atoms with E-state index in [1.54, 1.807) is 67.0 Å². The van der Waals surface area contributed by atoms with Gasteiger partial charge in [0.25, 0.3) is 11.7 Å². The Morgan fingerprint density at radius 2 is 1.85 bits per heavy atom. The number of anilines is 1. The number of aromatic nitrogens is 1. The minimum absolute atomic E-state index is 0.00273. The molecule has 8 heteroatoms. The summed E-state index contributed by atoms with van der Waals surface area (Å²) >= 11 is 0. The van der Waals surface area contributed by atoms with Crippen molar-refractivity contribution in [2.45, 2.75) is 26.0 Å². The molecule has 1 amide bonds. The van der Waals surface area contributed by atoms with E-state index in [9.17, 15) is 14.7 Å². The van der Waals surface area contributed by atoms with Gasteiger partial charge >= 0.3 is 0 Å². The topological polar surface area (TPSA) is 98.2 Å². The first-order valence-corrected chi connectivity index (χ1v) is 10.8. The summed E-state index contributed by atoms with van der Waals surface area (Å²) in [5.74, 6) is -0.143. The predicted molar refractivity (Wildman–Crippen MR) is 124 cm³/mol. The van der Waals surface area contributed by atoms with Gasteiger partial charge in [-0.25, -0.2) is 0 Å². The van der Waals surface area contributed by atoms with Gasteiger partial charge in [0.05, 0.1) is 17.7 Å². The zero-order valence-electron chi connectivity index (χ0n) is 18.6. The average molecular weight is 458 g/mol. The van der Waals surface area contributed by atoms with Crippen LogP contribution in [-0.2, 0) is 9.59 Å². The van der Waals surface area contributed by atoms with Crippen molar-refractivity contribution in [1.82, 2.24) is 4.98 Å². The largest absolute Gasteiger partial charge is 0.507 e. The van der Waals surface area contributed by atoms with Crippen LogP contribution in [0.15, 0.2) is 72.6 Å². The van der Waals surface area contributed by atoms with E-state index >= 15 is 0 Å². The molecule has 1 fully saturated rings. The standard InChI is InChI=1S/C26H22N2O6/c1-15(2)34-19-8-5-16(6-9-19)24(29)22-23(17-4-3-11-27-13-17)28(26(31)25(22)30)18-7-10-20-21(12-18)33-14-32-20/h3-13,15,23,29H,14H2,1-2H3/b24-22+. The fourth-order valence-electron chi connectivity index (χ4n) is 4.11. The summed E-state index contributed by atoms with van der Waals surface area (Å²) in [5.41, 5.74) is 1.41. The third-order valence-electron chi connectivity index (χ3n) is 5.58. The molecule has 0 bridgehead atoms. The SMILES string of the molecule is CC(C)Oc1ccc(/C(O)=C2\C(=O)C(=O)N(c3ccc4c(c3)OCO4)C2c2cccnc2)cc1. The molecule has 2 aliphatic rings. The van der Waals surface area contributed by atoms with Crippen LogP contribution in [0.4, 0.5) is 5.69 Å². The maximum atomic E-state index is 13.2. The Morgan fingerprint density at radius 3 is 2.56 bits per heavy atom. The van der Waals surface area contributed by atoms with Crippen molar-refractivity contribution in [3.8, 4) is 17.2 Å². The number of benzene rings is 2. The fourth-order valence-corrected chi connectivity index (χ4v) is 4.11. The van der Waals surface area contributed by atoms with Crippen molar-refractivity contribution in [2.24, 2.45) is 0 Å². The maximum absolute atomic E-state index is 13.2. The molecule has 1 atom stereocenters. The van der Waals surface area contributed by atoms with E-state index < -0.39 is 17.7 Å². The number of fused-ring (bicyclic) bond motifs is 1. The van der Waals surface area contributed by atoms with Crippen molar-refractivity contribution in [3.63, 3.8) is 0 Å². The van der Waals surface area contributed by atoms with E-state index in [1.807, 2.05) is 13.8 Å². The summed E-state index contributed by atoms with van der Waals surface area (Å²) in [6.07, 6.45) is 3.17. The number of ether oxygens (including phenoxy) is 3. The van der Waals surface area contributed by atoms with Crippen LogP contribution in [0, 0.1) is 0 Å². The molecule has 0 spiro atoms. The van der Waals surface area contributed by atoms with Crippen molar-refractivity contribution >= 4 is 23.1 Å². The zero-order valence-corrected chi connectivity index (χ0v) is 18.6. The van der Waals surface area contributed by atoms with Crippen molar-refractivity contribution in [2.75, 3.05) is 11.7 Å². The number of pyridine rings is 1. The lowest BCUT2D eigenvalue weighted by Crippen LogP contribution is -2.29. The van der Waals surface area contributed by atoms with E-state index in [0.29, 0.717) is 34.1 Å². The van der Waals surface area contributed by atoms with Gasteiger partial charge in [-0.05, 0) is 61.9 Å². The monoisotopic (exact) mass is 458 g/mol. The van der Waals surface area contributed by atoms with Crippen LogP contribution in [0.5, 0.6) is 17.2 Å². The van der Waals surface area contributed by atoms with Crippen LogP contribution in [-0.4, -0.2) is 34.7 Å². The van der Waals surface area contributed by atoms with Crippen molar-refractivity contribution < 1.29 is 28.9 Å². The first-order chi connectivity index (χ1) is 16.4. The van der Waals surface area contributed by atoms with Crippen molar-refractivity contribution in [1.29, 1.82) is 0 Å². The molecule has 5 rings (SSSR count). The number of hydrogen-bond acceptors (Lipinski definition) is 7. The first-order valence-electron chi connectivity index (χ1n) is 10.8. The Kier molecular flexibility index (Phi) is 5.41. The van der Waals surface area contributed by atoms with Crippen LogP contribution >= 0.6 is 0 Å². The number of aliphatic hydroxyl groups excluding tert-OH is 1. The Hall–Kier alpha value is -4.33.